The van der Waals surface area contributed by atoms with Gasteiger partial charge in [0.1, 0.15) is 0 Å². The zero-order chi connectivity index (χ0) is 4.50. The average Bonchev–Trinajstić information content (AvgIpc) is 0.722. The van der Waals surface area contributed by atoms with E-state index in [4.69, 9.17) is 19.2 Å². The summed E-state index contributed by atoms with van der Waals surface area (Å²) in [5.41, 5.74) is 0. The summed E-state index contributed by atoms with van der Waals surface area (Å²) in [4.78, 5) is 25.6. The Hall–Kier alpha value is 1.75. The predicted octanol–water partition coefficient (Wildman–Crippen LogP) is -5.71. The van der Waals surface area contributed by atoms with Gasteiger partial charge in [-0.05, 0) is 0 Å². The van der Waals surface area contributed by atoms with Crippen LogP contribution < -0.4 is 33.5 Å². The molecule has 46 valence electrons. The minimum Gasteiger partial charge on any atom is -1.00 e. The van der Waals surface area contributed by atoms with E-state index in [2.05, 4.69) is 0 Å². The molecular weight excluding hydrogens is 213 g/mol. The Morgan fingerprint density at radius 2 is 1.25 bits per heavy atom. The monoisotopic (exact) mass is 214 g/mol. The molecule has 0 aromatic rings. The van der Waals surface area contributed by atoms with Crippen LogP contribution in [0.3, 0.4) is 0 Å². The van der Waals surface area contributed by atoms with E-state index in [1.165, 1.54) is 0 Å². The first-order valence-electron chi connectivity index (χ1n) is 0.730. The minimum absolute atomic E-state index is 0. The van der Waals surface area contributed by atoms with E-state index in [1.54, 1.807) is 0 Å². The van der Waals surface area contributed by atoms with E-state index in [1.807, 2.05) is 0 Å². The molecule has 0 rings (SSSR count). The van der Waals surface area contributed by atoms with Crippen molar-refractivity contribution in [3.05, 3.63) is 0 Å². The molecule has 0 bridgehead atoms. The molecule has 0 aliphatic heterocycles. The Labute approximate surface area is 81.3 Å². The average molecular weight is 214 g/mol. The fourth-order valence-corrected chi connectivity index (χ4v) is 0. The molecule has 0 aromatic carbocycles. The Balaban J connectivity index is -0.0000000133. The zero-order valence-electron chi connectivity index (χ0n) is 4.81. The molecule has 0 amide bonds. The molecule has 4 nitrogen and oxygen atoms in total. The summed E-state index contributed by atoms with van der Waals surface area (Å²) in [6.45, 7) is 0. The third-order valence-electron chi connectivity index (χ3n) is 0. The SMILES string of the molecule is O=P([O-])([O-])[O-].[Fe+3].[H-].[Li+].[Mn]. The second-order valence-corrected chi connectivity index (χ2v) is 1.34. The summed E-state index contributed by atoms with van der Waals surface area (Å²) in [5.74, 6) is 0. The summed E-state index contributed by atoms with van der Waals surface area (Å²) < 4.78 is 8.55. The third kappa shape index (κ3) is 116. The van der Waals surface area contributed by atoms with Gasteiger partial charge in [-0.15, -0.1) is 0 Å². The normalized spacial score (nSPS) is 7.38. The first kappa shape index (κ1) is 22.6. The zero-order valence-corrected chi connectivity index (χ0v) is 6.99. The van der Waals surface area contributed by atoms with E-state index >= 15 is 0 Å². The van der Waals surface area contributed by atoms with Gasteiger partial charge in [0, 0.05) is 17.1 Å². The Morgan fingerprint density at radius 3 is 1.25 bits per heavy atom. The topological polar surface area (TPSA) is 86.2 Å². The second-order valence-electron chi connectivity index (χ2n) is 0.447. The van der Waals surface area contributed by atoms with Gasteiger partial charge >= 0.3 is 35.9 Å². The summed E-state index contributed by atoms with van der Waals surface area (Å²) >= 11 is 0. The fourth-order valence-electron chi connectivity index (χ4n) is 0. The second kappa shape index (κ2) is 8.75. The van der Waals surface area contributed by atoms with Gasteiger partial charge < -0.3 is 20.7 Å². The molecule has 0 aliphatic rings. The first-order valence-corrected chi connectivity index (χ1v) is 2.19. The van der Waals surface area contributed by atoms with Gasteiger partial charge in [-0.3, -0.25) is 0 Å². The van der Waals surface area contributed by atoms with E-state index in [0.29, 0.717) is 0 Å². The van der Waals surface area contributed by atoms with Crippen molar-refractivity contribution in [1.82, 2.24) is 0 Å². The molecular formula is HFeLiMnO4P. The van der Waals surface area contributed by atoms with Gasteiger partial charge in [-0.2, -0.15) is 7.82 Å². The van der Waals surface area contributed by atoms with Gasteiger partial charge in [0.05, 0.1) is 0 Å². The van der Waals surface area contributed by atoms with Crippen molar-refractivity contribution < 1.29 is 73.7 Å². The van der Waals surface area contributed by atoms with Crippen LogP contribution in [0.4, 0.5) is 0 Å². The summed E-state index contributed by atoms with van der Waals surface area (Å²) in [6.07, 6.45) is 0. The Morgan fingerprint density at radius 1 is 1.25 bits per heavy atom. The number of rotatable bonds is 0. The van der Waals surface area contributed by atoms with Gasteiger partial charge in [0.25, 0.3) is 0 Å². The van der Waals surface area contributed by atoms with E-state index in [9.17, 15) is 0 Å². The molecule has 0 fully saturated rings. The minimum atomic E-state index is -5.39. The maximum absolute atomic E-state index is 8.55. The molecule has 8 heavy (non-hydrogen) atoms. The molecule has 0 heterocycles. The van der Waals surface area contributed by atoms with Gasteiger partial charge in [0.15, 0.2) is 0 Å². The molecule has 0 atom stereocenters. The van der Waals surface area contributed by atoms with Crippen molar-refractivity contribution in [2.75, 3.05) is 0 Å². The Bertz CT molecular complexity index is 66.7. The van der Waals surface area contributed by atoms with Crippen LogP contribution >= 0.6 is 7.82 Å². The molecule has 0 aliphatic carbocycles. The molecule has 0 spiro atoms. The summed E-state index contributed by atoms with van der Waals surface area (Å²) in [5, 5.41) is 0. The molecule has 2 radical (unpaired) electrons. The predicted molar refractivity (Wildman–Crippen MR) is 8.72 cm³/mol. The van der Waals surface area contributed by atoms with Crippen LogP contribution in [0.25, 0.3) is 0 Å². The van der Waals surface area contributed by atoms with Crippen molar-refractivity contribution in [2.45, 2.75) is 0 Å². The smallest absolute Gasteiger partial charge is 1.00 e. The van der Waals surface area contributed by atoms with Crippen LogP contribution in [0, 0.1) is 0 Å². The van der Waals surface area contributed by atoms with Crippen LogP contribution in [-0.2, 0) is 38.7 Å². The molecule has 0 aromatic heterocycles. The number of phosphoric acid groups is 1. The maximum Gasteiger partial charge on any atom is 3.00 e. The van der Waals surface area contributed by atoms with E-state index in [-0.39, 0.29) is 54.4 Å². The van der Waals surface area contributed by atoms with Crippen molar-refractivity contribution >= 4 is 7.82 Å². The van der Waals surface area contributed by atoms with Gasteiger partial charge in [0.2, 0.25) is 0 Å². The van der Waals surface area contributed by atoms with E-state index < -0.39 is 7.82 Å². The molecule has 8 heteroatoms. The standard InChI is InChI=1S/Fe.Li.Mn.H3O4P.H/c;;;1-5(2,3)4;/h;;;(H3,1,2,3,4);/q+3;+1;;;-1/p-3. The van der Waals surface area contributed by atoms with Crippen molar-refractivity contribution in [1.29, 1.82) is 0 Å². The molecule has 0 N–H and O–H groups in total. The number of hydrogen-bond acceptors (Lipinski definition) is 4. The molecule has 0 unspecified atom stereocenters. The molecule has 0 saturated heterocycles. The van der Waals surface area contributed by atoms with Gasteiger partial charge in [-0.1, -0.05) is 0 Å². The third-order valence-corrected chi connectivity index (χ3v) is 0. The number of hydrogen-bond donors (Lipinski definition) is 0. The van der Waals surface area contributed by atoms with Crippen LogP contribution in [0.15, 0.2) is 0 Å². The quantitative estimate of drug-likeness (QED) is 0.297. The maximum atomic E-state index is 8.55. The van der Waals surface area contributed by atoms with Crippen LogP contribution in [0.5, 0.6) is 0 Å². The van der Waals surface area contributed by atoms with Crippen LogP contribution in [-0.4, -0.2) is 0 Å². The Kier molecular flexibility index (Phi) is 24.7. The fraction of sp³-hybridized carbons (Fsp3) is 0. The summed E-state index contributed by atoms with van der Waals surface area (Å²) in [7, 11) is -5.39. The van der Waals surface area contributed by atoms with Crippen molar-refractivity contribution in [3.63, 3.8) is 0 Å². The van der Waals surface area contributed by atoms with Crippen molar-refractivity contribution in [3.8, 4) is 0 Å². The molecule has 0 saturated carbocycles. The largest absolute Gasteiger partial charge is 3.00 e. The summed E-state index contributed by atoms with van der Waals surface area (Å²) in [6, 6.07) is 0. The first-order chi connectivity index (χ1) is 2.00. The van der Waals surface area contributed by atoms with Crippen LogP contribution in [0.2, 0.25) is 0 Å². The van der Waals surface area contributed by atoms with Crippen LogP contribution in [0.1, 0.15) is 1.43 Å². The van der Waals surface area contributed by atoms with Crippen molar-refractivity contribution in [2.24, 2.45) is 0 Å². The van der Waals surface area contributed by atoms with Gasteiger partial charge in [-0.25, -0.2) is 0 Å². The van der Waals surface area contributed by atoms with E-state index in [0.717, 1.165) is 0 Å².